The first-order chi connectivity index (χ1) is 7.67. The molecule has 5 heteroatoms. The molecule has 90 valence electrons. The zero-order chi connectivity index (χ0) is 12.0. The molecule has 1 aromatic rings. The van der Waals surface area contributed by atoms with Crippen LogP contribution >= 0.6 is 11.6 Å². The molecule has 0 fully saturated rings. The molecule has 0 aliphatic heterocycles. The normalized spacial score (nSPS) is 12.2. The van der Waals surface area contributed by atoms with Crippen LogP contribution in [0.2, 0.25) is 5.02 Å². The molecule has 1 rings (SSSR count). The van der Waals surface area contributed by atoms with Crippen molar-refractivity contribution in [1.82, 2.24) is 0 Å². The van der Waals surface area contributed by atoms with Crippen LogP contribution in [0.3, 0.4) is 0 Å². The van der Waals surface area contributed by atoms with E-state index in [0.717, 1.165) is 5.69 Å². The molecular weight excluding hydrogens is 228 g/mol. The second kappa shape index (κ2) is 6.58. The smallest absolute Gasteiger partial charge is 0.137 e. The Balaban J connectivity index is 2.51. The highest BCUT2D eigenvalue weighted by Crippen LogP contribution is 2.27. The molecule has 0 spiro atoms. The first-order valence-electron chi connectivity index (χ1n) is 5.13. The Kier molecular flexibility index (Phi) is 5.38. The molecule has 0 saturated carbocycles. The summed E-state index contributed by atoms with van der Waals surface area (Å²) in [7, 11) is 1.57. The number of halogens is 1. The third-order valence-corrected chi connectivity index (χ3v) is 2.49. The second-order valence-electron chi connectivity index (χ2n) is 3.46. The Morgan fingerprint density at radius 3 is 2.88 bits per heavy atom. The molecule has 0 aliphatic carbocycles. The van der Waals surface area contributed by atoms with Crippen LogP contribution in [0, 0.1) is 0 Å². The van der Waals surface area contributed by atoms with E-state index in [2.05, 4.69) is 5.32 Å². The lowest BCUT2D eigenvalue weighted by molar-refractivity contribution is 0.180. The summed E-state index contributed by atoms with van der Waals surface area (Å²) in [5.74, 6) is 0.634. The molecule has 0 bridgehead atoms. The molecule has 16 heavy (non-hydrogen) atoms. The molecule has 1 aromatic carbocycles. The number of ether oxygens (including phenoxy) is 1. The lowest BCUT2D eigenvalue weighted by Crippen LogP contribution is -2.22. The first kappa shape index (κ1) is 13.1. The molecule has 0 heterocycles. The average molecular weight is 245 g/mol. The molecule has 1 atom stereocenters. The minimum Gasteiger partial charge on any atom is -0.495 e. The van der Waals surface area contributed by atoms with E-state index in [1.807, 2.05) is 6.07 Å². The van der Waals surface area contributed by atoms with Gasteiger partial charge in [-0.25, -0.2) is 0 Å². The maximum Gasteiger partial charge on any atom is 0.137 e. The zero-order valence-electron chi connectivity index (χ0n) is 9.24. The van der Waals surface area contributed by atoms with Gasteiger partial charge in [-0.1, -0.05) is 11.6 Å². The van der Waals surface area contributed by atoms with Gasteiger partial charge in [-0.3, -0.25) is 0 Å². The summed E-state index contributed by atoms with van der Waals surface area (Å²) in [6, 6.07) is 5.38. The van der Waals surface area contributed by atoms with Gasteiger partial charge in [0.2, 0.25) is 0 Å². The van der Waals surface area contributed by atoms with E-state index in [1.54, 1.807) is 19.2 Å². The third-order valence-electron chi connectivity index (χ3n) is 2.19. The van der Waals surface area contributed by atoms with E-state index in [9.17, 15) is 5.11 Å². The molecule has 0 saturated heterocycles. The van der Waals surface area contributed by atoms with Gasteiger partial charge in [0.25, 0.3) is 0 Å². The first-order valence-corrected chi connectivity index (χ1v) is 5.50. The van der Waals surface area contributed by atoms with Crippen LogP contribution in [-0.2, 0) is 0 Å². The lowest BCUT2D eigenvalue weighted by atomic mass is 10.2. The summed E-state index contributed by atoms with van der Waals surface area (Å²) >= 11 is 5.96. The number of benzene rings is 1. The van der Waals surface area contributed by atoms with Crippen molar-refractivity contribution in [2.45, 2.75) is 12.5 Å². The minimum absolute atomic E-state index is 0.439. The van der Waals surface area contributed by atoms with Crippen LogP contribution in [0.1, 0.15) is 6.42 Å². The van der Waals surface area contributed by atoms with Crippen LogP contribution in [0.15, 0.2) is 18.2 Å². The van der Waals surface area contributed by atoms with Crippen molar-refractivity contribution >= 4 is 17.3 Å². The van der Waals surface area contributed by atoms with Crippen LogP contribution in [-0.4, -0.2) is 31.4 Å². The van der Waals surface area contributed by atoms with Crippen molar-refractivity contribution in [3.63, 3.8) is 0 Å². The van der Waals surface area contributed by atoms with Crippen molar-refractivity contribution in [3.8, 4) is 5.75 Å². The molecular formula is C11H17ClN2O2. The second-order valence-corrected chi connectivity index (χ2v) is 3.87. The number of aliphatic hydroxyl groups excluding tert-OH is 1. The van der Waals surface area contributed by atoms with Gasteiger partial charge in [-0.2, -0.15) is 0 Å². The van der Waals surface area contributed by atoms with Gasteiger partial charge in [-0.15, -0.1) is 0 Å². The van der Waals surface area contributed by atoms with Gasteiger partial charge in [-0.05, 0) is 31.2 Å². The van der Waals surface area contributed by atoms with E-state index in [-0.39, 0.29) is 0 Å². The number of aliphatic hydroxyl groups is 1. The molecule has 0 radical (unpaired) electrons. The van der Waals surface area contributed by atoms with Gasteiger partial charge in [0, 0.05) is 12.2 Å². The highest BCUT2D eigenvalue weighted by molar-refractivity contribution is 6.32. The number of hydrogen-bond donors (Lipinski definition) is 3. The van der Waals surface area contributed by atoms with Crippen molar-refractivity contribution < 1.29 is 9.84 Å². The monoisotopic (exact) mass is 244 g/mol. The van der Waals surface area contributed by atoms with Crippen molar-refractivity contribution in [3.05, 3.63) is 23.2 Å². The summed E-state index contributed by atoms with van der Waals surface area (Å²) < 4.78 is 5.04. The number of nitrogens with two attached hydrogens (primary N) is 1. The van der Waals surface area contributed by atoms with E-state index in [0.29, 0.717) is 30.3 Å². The van der Waals surface area contributed by atoms with E-state index in [1.165, 1.54) is 0 Å². The van der Waals surface area contributed by atoms with E-state index >= 15 is 0 Å². The van der Waals surface area contributed by atoms with Crippen LogP contribution in [0.4, 0.5) is 5.69 Å². The summed E-state index contributed by atoms with van der Waals surface area (Å²) in [4.78, 5) is 0. The minimum atomic E-state index is -0.439. The Morgan fingerprint density at radius 1 is 1.56 bits per heavy atom. The van der Waals surface area contributed by atoms with Gasteiger partial charge < -0.3 is 20.9 Å². The van der Waals surface area contributed by atoms with Gasteiger partial charge in [0.15, 0.2) is 0 Å². The van der Waals surface area contributed by atoms with E-state index < -0.39 is 6.10 Å². The predicted octanol–water partition coefficient (Wildman–Crippen LogP) is 1.47. The average Bonchev–Trinajstić information content (AvgIpc) is 2.27. The Bertz CT molecular complexity index is 334. The molecule has 0 aromatic heterocycles. The van der Waals surface area contributed by atoms with Crippen LogP contribution in [0.5, 0.6) is 5.75 Å². The third kappa shape index (κ3) is 3.89. The van der Waals surface area contributed by atoms with Gasteiger partial charge >= 0.3 is 0 Å². The van der Waals surface area contributed by atoms with Gasteiger partial charge in [0.05, 0.1) is 18.2 Å². The fourth-order valence-electron chi connectivity index (χ4n) is 1.31. The van der Waals surface area contributed by atoms with Crippen LogP contribution in [0.25, 0.3) is 0 Å². The molecule has 4 N–H and O–H groups in total. The molecule has 1 unspecified atom stereocenters. The van der Waals surface area contributed by atoms with Crippen molar-refractivity contribution in [2.24, 2.45) is 5.73 Å². The number of hydrogen-bond acceptors (Lipinski definition) is 4. The molecule has 0 amide bonds. The summed E-state index contributed by atoms with van der Waals surface area (Å²) in [6.07, 6.45) is 0.141. The summed E-state index contributed by atoms with van der Waals surface area (Å²) in [5.41, 5.74) is 6.18. The Hall–Kier alpha value is -0.970. The standard InChI is InChI=1S/C11H17ClN2O2/c1-16-11-3-2-8(6-10(11)12)14-7-9(15)4-5-13/h2-3,6,9,14-15H,4-5,7,13H2,1H3. The number of anilines is 1. The summed E-state index contributed by atoms with van der Waals surface area (Å²) in [6.45, 7) is 0.937. The maximum atomic E-state index is 9.48. The SMILES string of the molecule is COc1ccc(NCC(O)CCN)cc1Cl. The summed E-state index contributed by atoms with van der Waals surface area (Å²) in [5, 5.41) is 13.1. The largest absolute Gasteiger partial charge is 0.495 e. The van der Waals surface area contributed by atoms with E-state index in [4.69, 9.17) is 22.1 Å². The molecule has 0 aliphatic rings. The highest BCUT2D eigenvalue weighted by atomic mass is 35.5. The van der Waals surface area contributed by atoms with Crippen LogP contribution < -0.4 is 15.8 Å². The zero-order valence-corrected chi connectivity index (χ0v) is 10.00. The Morgan fingerprint density at radius 2 is 2.31 bits per heavy atom. The van der Waals surface area contributed by atoms with Crippen molar-refractivity contribution in [1.29, 1.82) is 0 Å². The van der Waals surface area contributed by atoms with Crippen molar-refractivity contribution in [2.75, 3.05) is 25.5 Å². The topological polar surface area (TPSA) is 67.5 Å². The quantitative estimate of drug-likeness (QED) is 0.709. The number of methoxy groups -OCH3 is 1. The highest BCUT2D eigenvalue weighted by Gasteiger charge is 2.04. The fourth-order valence-corrected chi connectivity index (χ4v) is 1.56. The lowest BCUT2D eigenvalue weighted by Gasteiger charge is -2.12. The maximum absolute atomic E-state index is 9.48. The Labute approximate surface area is 100 Å². The molecule has 4 nitrogen and oxygen atoms in total. The van der Waals surface area contributed by atoms with Gasteiger partial charge in [0.1, 0.15) is 5.75 Å². The number of nitrogens with one attached hydrogen (secondary N) is 1. The fraction of sp³-hybridized carbons (Fsp3) is 0.455. The number of rotatable bonds is 6. The predicted molar refractivity (Wildman–Crippen MR) is 66.2 cm³/mol.